The molecule has 2 rings (SSSR count). The Kier molecular flexibility index (Phi) is 4.90. The first kappa shape index (κ1) is 16.9. The van der Waals surface area contributed by atoms with Crippen LogP contribution in [0.5, 0.6) is 0 Å². The zero-order chi connectivity index (χ0) is 16.4. The molecule has 0 spiro atoms. The summed E-state index contributed by atoms with van der Waals surface area (Å²) in [5, 5.41) is 1.92. The van der Waals surface area contributed by atoms with Gasteiger partial charge in [0.05, 0.1) is 4.90 Å². The van der Waals surface area contributed by atoms with Crippen LogP contribution in [0.1, 0.15) is 27.2 Å². The second-order valence-corrected chi connectivity index (χ2v) is 8.16. The van der Waals surface area contributed by atoms with E-state index in [1.54, 1.807) is 12.1 Å². The maximum atomic E-state index is 12.7. The first-order chi connectivity index (χ1) is 10.3. The SMILES string of the molecule is CC(C)CC(C)(CN)NS(=O)(=O)c1ccc2ccccc2c1. The van der Waals surface area contributed by atoms with Crippen LogP contribution in [0.2, 0.25) is 0 Å². The lowest BCUT2D eigenvalue weighted by Crippen LogP contribution is -2.51. The smallest absolute Gasteiger partial charge is 0.241 e. The van der Waals surface area contributed by atoms with Gasteiger partial charge in [-0.25, -0.2) is 13.1 Å². The first-order valence-electron chi connectivity index (χ1n) is 7.49. The first-order valence-corrected chi connectivity index (χ1v) is 8.97. The van der Waals surface area contributed by atoms with Crippen molar-refractivity contribution < 1.29 is 8.42 Å². The molecular weight excluding hydrogens is 296 g/mol. The highest BCUT2D eigenvalue weighted by atomic mass is 32.2. The molecule has 0 saturated carbocycles. The van der Waals surface area contributed by atoms with E-state index >= 15 is 0 Å². The molecule has 5 heteroatoms. The molecule has 1 unspecified atom stereocenters. The van der Waals surface area contributed by atoms with Crippen LogP contribution in [-0.4, -0.2) is 20.5 Å². The van der Waals surface area contributed by atoms with Gasteiger partial charge in [-0.15, -0.1) is 0 Å². The minimum Gasteiger partial charge on any atom is -0.329 e. The largest absolute Gasteiger partial charge is 0.329 e. The van der Waals surface area contributed by atoms with Crippen molar-refractivity contribution in [3.05, 3.63) is 42.5 Å². The molecule has 120 valence electrons. The quantitative estimate of drug-likeness (QED) is 0.859. The molecule has 2 aromatic carbocycles. The van der Waals surface area contributed by atoms with Crippen molar-refractivity contribution in [3.63, 3.8) is 0 Å². The number of benzene rings is 2. The van der Waals surface area contributed by atoms with E-state index in [4.69, 9.17) is 5.73 Å². The monoisotopic (exact) mass is 320 g/mol. The molecule has 0 saturated heterocycles. The molecule has 0 bridgehead atoms. The second kappa shape index (κ2) is 6.36. The van der Waals surface area contributed by atoms with Gasteiger partial charge in [0.25, 0.3) is 0 Å². The molecule has 1 atom stereocenters. The number of hydrogen-bond donors (Lipinski definition) is 2. The van der Waals surface area contributed by atoms with E-state index in [1.165, 1.54) is 0 Å². The number of nitrogens with two attached hydrogens (primary N) is 1. The highest BCUT2D eigenvalue weighted by molar-refractivity contribution is 7.89. The molecule has 0 heterocycles. The standard InChI is InChI=1S/C17H24N2O2S/c1-13(2)11-17(3,12-18)19-22(20,21)16-9-8-14-6-4-5-7-15(14)10-16/h4-10,13,19H,11-12,18H2,1-3H3. The van der Waals surface area contributed by atoms with Crippen molar-refractivity contribution in [3.8, 4) is 0 Å². The minimum atomic E-state index is -3.60. The summed E-state index contributed by atoms with van der Waals surface area (Å²) >= 11 is 0. The zero-order valence-corrected chi connectivity index (χ0v) is 14.2. The molecule has 0 amide bonds. The second-order valence-electron chi connectivity index (χ2n) is 6.48. The van der Waals surface area contributed by atoms with Gasteiger partial charge in [-0.2, -0.15) is 0 Å². The lowest BCUT2D eigenvalue weighted by molar-refractivity contribution is 0.344. The molecule has 0 fully saturated rings. The number of sulfonamides is 1. The summed E-state index contributed by atoms with van der Waals surface area (Å²) in [6.07, 6.45) is 0.691. The third kappa shape index (κ3) is 3.85. The van der Waals surface area contributed by atoms with E-state index < -0.39 is 15.6 Å². The summed E-state index contributed by atoms with van der Waals surface area (Å²) in [6, 6.07) is 12.9. The maximum absolute atomic E-state index is 12.7. The van der Waals surface area contributed by atoms with E-state index in [1.807, 2.05) is 37.3 Å². The van der Waals surface area contributed by atoms with Gasteiger partial charge >= 0.3 is 0 Å². The van der Waals surface area contributed by atoms with Crippen LogP contribution >= 0.6 is 0 Å². The van der Waals surface area contributed by atoms with Gasteiger partial charge in [0.15, 0.2) is 0 Å². The molecule has 0 aromatic heterocycles. The van der Waals surface area contributed by atoms with Gasteiger partial charge in [-0.1, -0.05) is 44.2 Å². The van der Waals surface area contributed by atoms with E-state index in [9.17, 15) is 8.42 Å². The fourth-order valence-electron chi connectivity index (χ4n) is 2.79. The maximum Gasteiger partial charge on any atom is 0.241 e. The Balaban J connectivity index is 2.35. The zero-order valence-electron chi connectivity index (χ0n) is 13.3. The van der Waals surface area contributed by atoms with E-state index in [2.05, 4.69) is 18.6 Å². The molecule has 0 radical (unpaired) electrons. The van der Waals surface area contributed by atoms with Gasteiger partial charge in [-0.05, 0) is 42.2 Å². The lowest BCUT2D eigenvalue weighted by atomic mass is 9.92. The summed E-state index contributed by atoms with van der Waals surface area (Å²) in [5.74, 6) is 0.354. The van der Waals surface area contributed by atoms with E-state index in [0.29, 0.717) is 12.3 Å². The van der Waals surface area contributed by atoms with Gasteiger partial charge < -0.3 is 5.73 Å². The number of hydrogen-bond acceptors (Lipinski definition) is 3. The predicted molar refractivity (Wildman–Crippen MR) is 91.2 cm³/mol. The van der Waals surface area contributed by atoms with Crippen LogP contribution in [0.3, 0.4) is 0 Å². The Hall–Kier alpha value is -1.43. The molecule has 22 heavy (non-hydrogen) atoms. The van der Waals surface area contributed by atoms with Crippen molar-refractivity contribution in [1.82, 2.24) is 4.72 Å². The summed E-state index contributed by atoms with van der Waals surface area (Å²) in [5.41, 5.74) is 5.16. The Morgan fingerprint density at radius 1 is 1.14 bits per heavy atom. The van der Waals surface area contributed by atoms with Crippen LogP contribution in [0.4, 0.5) is 0 Å². The molecule has 0 aliphatic carbocycles. The number of nitrogens with one attached hydrogen (secondary N) is 1. The Bertz CT molecular complexity index is 756. The van der Waals surface area contributed by atoms with Crippen LogP contribution < -0.4 is 10.5 Å². The highest BCUT2D eigenvalue weighted by Crippen LogP contribution is 2.22. The molecule has 0 aliphatic rings. The third-order valence-electron chi connectivity index (χ3n) is 3.72. The van der Waals surface area contributed by atoms with Crippen LogP contribution in [0, 0.1) is 5.92 Å². The fraction of sp³-hybridized carbons (Fsp3) is 0.412. The summed E-state index contributed by atoms with van der Waals surface area (Å²) in [7, 11) is -3.60. The summed E-state index contributed by atoms with van der Waals surface area (Å²) in [6.45, 7) is 6.22. The molecular formula is C17H24N2O2S. The number of fused-ring (bicyclic) bond motifs is 1. The van der Waals surface area contributed by atoms with Gasteiger partial charge in [0.1, 0.15) is 0 Å². The predicted octanol–water partition coefficient (Wildman–Crippen LogP) is 2.88. The molecule has 4 nitrogen and oxygen atoms in total. The highest BCUT2D eigenvalue weighted by Gasteiger charge is 2.30. The number of rotatable bonds is 6. The van der Waals surface area contributed by atoms with Crippen molar-refractivity contribution in [2.75, 3.05) is 6.54 Å². The Labute approximate surface area is 132 Å². The van der Waals surface area contributed by atoms with Crippen LogP contribution in [0.25, 0.3) is 10.8 Å². The molecule has 0 aliphatic heterocycles. The van der Waals surface area contributed by atoms with E-state index in [0.717, 1.165) is 10.8 Å². The van der Waals surface area contributed by atoms with Crippen molar-refractivity contribution in [1.29, 1.82) is 0 Å². The van der Waals surface area contributed by atoms with Gasteiger partial charge in [0, 0.05) is 12.1 Å². The molecule has 3 N–H and O–H groups in total. The Morgan fingerprint density at radius 3 is 2.36 bits per heavy atom. The van der Waals surface area contributed by atoms with Crippen LogP contribution in [0.15, 0.2) is 47.4 Å². The molecule has 2 aromatic rings. The van der Waals surface area contributed by atoms with Crippen molar-refractivity contribution in [2.24, 2.45) is 11.7 Å². The fourth-order valence-corrected chi connectivity index (χ4v) is 4.25. The minimum absolute atomic E-state index is 0.262. The average Bonchev–Trinajstić information content (AvgIpc) is 2.45. The Morgan fingerprint density at radius 2 is 1.77 bits per heavy atom. The topological polar surface area (TPSA) is 72.2 Å². The lowest BCUT2D eigenvalue weighted by Gasteiger charge is -2.30. The van der Waals surface area contributed by atoms with Gasteiger partial charge in [0.2, 0.25) is 10.0 Å². The van der Waals surface area contributed by atoms with Crippen molar-refractivity contribution in [2.45, 2.75) is 37.6 Å². The van der Waals surface area contributed by atoms with Crippen molar-refractivity contribution >= 4 is 20.8 Å². The van der Waals surface area contributed by atoms with Gasteiger partial charge in [-0.3, -0.25) is 0 Å². The average molecular weight is 320 g/mol. The third-order valence-corrected chi connectivity index (χ3v) is 5.36. The van der Waals surface area contributed by atoms with E-state index in [-0.39, 0.29) is 11.4 Å². The normalized spacial score (nSPS) is 15.1. The van der Waals surface area contributed by atoms with Crippen LogP contribution in [-0.2, 0) is 10.0 Å². The summed E-state index contributed by atoms with van der Waals surface area (Å²) < 4.78 is 28.1. The summed E-state index contributed by atoms with van der Waals surface area (Å²) in [4.78, 5) is 0.273.